The largest absolute Gasteiger partial charge is 0.472 e. The first-order valence-electron chi connectivity index (χ1n) is 8.74. The molecule has 0 aliphatic rings. The van der Waals surface area contributed by atoms with E-state index >= 15 is 0 Å². The van der Waals surface area contributed by atoms with Crippen LogP contribution in [0.1, 0.15) is 21.6 Å². The number of benzene rings is 1. The lowest BCUT2D eigenvalue weighted by Crippen LogP contribution is -2.40. The first kappa shape index (κ1) is 18.4. The fourth-order valence-electron chi connectivity index (χ4n) is 2.68. The molecule has 1 N–H and O–H groups in total. The highest BCUT2D eigenvalue weighted by Crippen LogP contribution is 2.10. The van der Waals surface area contributed by atoms with Crippen molar-refractivity contribution in [3.05, 3.63) is 90.1 Å². The summed E-state index contributed by atoms with van der Waals surface area (Å²) in [7, 11) is 0. The smallest absolute Gasteiger partial charge is 0.257 e. The zero-order valence-electron chi connectivity index (χ0n) is 14.9. The monoisotopic (exact) mass is 363 g/mol. The Bertz CT molecular complexity index is 849. The van der Waals surface area contributed by atoms with Gasteiger partial charge in [-0.25, -0.2) is 0 Å². The van der Waals surface area contributed by atoms with E-state index in [0.29, 0.717) is 25.1 Å². The van der Waals surface area contributed by atoms with Gasteiger partial charge in [0.15, 0.2) is 0 Å². The minimum atomic E-state index is -0.243. The number of rotatable bonds is 8. The SMILES string of the molecule is O=C(CN(Cc1ccccc1)C(=O)c1ccoc1)NCCc1ccccn1. The summed E-state index contributed by atoms with van der Waals surface area (Å²) in [6.07, 6.45) is 5.20. The normalized spacial score (nSPS) is 10.4. The van der Waals surface area contributed by atoms with Crippen molar-refractivity contribution >= 4 is 11.8 Å². The molecular formula is C21H21N3O3. The van der Waals surface area contributed by atoms with Gasteiger partial charge >= 0.3 is 0 Å². The van der Waals surface area contributed by atoms with Crippen LogP contribution in [0, 0.1) is 0 Å². The summed E-state index contributed by atoms with van der Waals surface area (Å²) in [6.45, 7) is 0.786. The molecule has 0 fully saturated rings. The van der Waals surface area contributed by atoms with Crippen molar-refractivity contribution in [2.75, 3.05) is 13.1 Å². The molecule has 2 aromatic heterocycles. The van der Waals surface area contributed by atoms with Gasteiger partial charge in [0.1, 0.15) is 12.8 Å². The molecule has 27 heavy (non-hydrogen) atoms. The fraction of sp³-hybridized carbons (Fsp3) is 0.190. The molecule has 0 bridgehead atoms. The fourth-order valence-corrected chi connectivity index (χ4v) is 2.68. The molecular weight excluding hydrogens is 342 g/mol. The summed E-state index contributed by atoms with van der Waals surface area (Å²) < 4.78 is 5.00. The summed E-state index contributed by atoms with van der Waals surface area (Å²) in [6, 6.07) is 16.8. The number of nitrogens with one attached hydrogen (secondary N) is 1. The number of aromatic nitrogens is 1. The van der Waals surface area contributed by atoms with Gasteiger partial charge in [0.25, 0.3) is 5.91 Å². The standard InChI is InChI=1S/C21H21N3O3/c25-20(23-12-9-19-8-4-5-11-22-19)15-24(14-17-6-2-1-3-7-17)21(26)18-10-13-27-16-18/h1-8,10-11,13,16H,9,12,14-15H2,(H,23,25). The van der Waals surface area contributed by atoms with Gasteiger partial charge in [0.05, 0.1) is 11.8 Å². The van der Waals surface area contributed by atoms with E-state index in [1.165, 1.54) is 17.4 Å². The van der Waals surface area contributed by atoms with Crippen molar-refractivity contribution in [1.29, 1.82) is 0 Å². The Morgan fingerprint density at radius 3 is 2.56 bits per heavy atom. The predicted molar refractivity (Wildman–Crippen MR) is 101 cm³/mol. The zero-order valence-corrected chi connectivity index (χ0v) is 14.9. The molecule has 6 heteroatoms. The quantitative estimate of drug-likeness (QED) is 0.668. The molecule has 0 atom stereocenters. The van der Waals surface area contributed by atoms with Gasteiger partial charge in [0, 0.05) is 31.4 Å². The van der Waals surface area contributed by atoms with Gasteiger partial charge in [-0.2, -0.15) is 0 Å². The Labute approximate surface area is 157 Å². The summed E-state index contributed by atoms with van der Waals surface area (Å²) in [5, 5.41) is 2.85. The van der Waals surface area contributed by atoms with E-state index in [4.69, 9.17) is 4.42 Å². The highest BCUT2D eigenvalue weighted by Gasteiger charge is 2.20. The average Bonchev–Trinajstić information content (AvgIpc) is 3.23. The second-order valence-corrected chi connectivity index (χ2v) is 6.08. The molecule has 3 rings (SSSR count). The van der Waals surface area contributed by atoms with Gasteiger partial charge in [-0.15, -0.1) is 0 Å². The van der Waals surface area contributed by atoms with E-state index in [2.05, 4.69) is 10.3 Å². The lowest BCUT2D eigenvalue weighted by molar-refractivity contribution is -0.121. The van der Waals surface area contributed by atoms with Gasteiger partial charge in [-0.1, -0.05) is 36.4 Å². The van der Waals surface area contributed by atoms with Crippen molar-refractivity contribution in [2.45, 2.75) is 13.0 Å². The van der Waals surface area contributed by atoms with Crippen LogP contribution in [0.15, 0.2) is 77.7 Å². The molecule has 6 nitrogen and oxygen atoms in total. The van der Waals surface area contributed by atoms with Crippen LogP contribution in [0.5, 0.6) is 0 Å². The summed E-state index contributed by atoms with van der Waals surface area (Å²) >= 11 is 0. The number of hydrogen-bond donors (Lipinski definition) is 1. The van der Waals surface area contributed by atoms with Crippen LogP contribution < -0.4 is 5.32 Å². The molecule has 2 heterocycles. The number of furan rings is 1. The molecule has 138 valence electrons. The number of nitrogens with zero attached hydrogens (tertiary/aromatic N) is 2. The van der Waals surface area contributed by atoms with E-state index < -0.39 is 0 Å². The van der Waals surface area contributed by atoms with E-state index in [1.54, 1.807) is 12.3 Å². The maximum Gasteiger partial charge on any atom is 0.257 e. The van der Waals surface area contributed by atoms with Crippen molar-refractivity contribution in [2.24, 2.45) is 0 Å². The molecule has 0 spiro atoms. The van der Waals surface area contributed by atoms with Gasteiger partial charge < -0.3 is 14.6 Å². The summed E-state index contributed by atoms with van der Waals surface area (Å²) in [5.74, 6) is -0.453. The molecule has 0 aliphatic heterocycles. The van der Waals surface area contributed by atoms with Crippen molar-refractivity contribution in [1.82, 2.24) is 15.2 Å². The minimum absolute atomic E-state index is 0.0267. The summed E-state index contributed by atoms with van der Waals surface area (Å²) in [4.78, 5) is 30.8. The first-order valence-corrected chi connectivity index (χ1v) is 8.74. The Balaban J connectivity index is 1.60. The van der Waals surface area contributed by atoms with Crippen LogP contribution in [0.3, 0.4) is 0 Å². The van der Waals surface area contributed by atoms with E-state index in [0.717, 1.165) is 11.3 Å². The molecule has 0 unspecified atom stereocenters. The average molecular weight is 363 g/mol. The number of carbonyl (C=O) groups is 2. The van der Waals surface area contributed by atoms with Crippen LogP contribution in [-0.2, 0) is 17.8 Å². The first-order chi connectivity index (χ1) is 13.2. The van der Waals surface area contributed by atoms with Gasteiger partial charge in [0.2, 0.25) is 5.91 Å². The Hall–Kier alpha value is -3.41. The Morgan fingerprint density at radius 1 is 1.04 bits per heavy atom. The molecule has 1 aromatic carbocycles. The second kappa shape index (κ2) is 9.33. The second-order valence-electron chi connectivity index (χ2n) is 6.08. The minimum Gasteiger partial charge on any atom is -0.472 e. The third kappa shape index (κ3) is 5.54. The lowest BCUT2D eigenvalue weighted by atomic mass is 10.2. The van der Waals surface area contributed by atoms with Crippen LogP contribution in [0.4, 0.5) is 0 Å². The summed E-state index contributed by atoms with van der Waals surface area (Å²) in [5.41, 5.74) is 2.29. The van der Waals surface area contributed by atoms with Crippen molar-refractivity contribution in [3.63, 3.8) is 0 Å². The molecule has 3 aromatic rings. The lowest BCUT2D eigenvalue weighted by Gasteiger charge is -2.22. The van der Waals surface area contributed by atoms with Crippen LogP contribution in [0.25, 0.3) is 0 Å². The number of pyridine rings is 1. The number of amides is 2. The maximum atomic E-state index is 12.7. The molecule has 0 radical (unpaired) electrons. The van der Waals surface area contributed by atoms with E-state index in [9.17, 15) is 9.59 Å². The Kier molecular flexibility index (Phi) is 6.35. The highest BCUT2D eigenvalue weighted by atomic mass is 16.3. The van der Waals surface area contributed by atoms with Gasteiger partial charge in [-0.05, 0) is 23.8 Å². The van der Waals surface area contributed by atoms with Crippen LogP contribution in [-0.4, -0.2) is 34.8 Å². The van der Waals surface area contributed by atoms with Crippen molar-refractivity contribution < 1.29 is 14.0 Å². The Morgan fingerprint density at radius 2 is 1.85 bits per heavy atom. The topological polar surface area (TPSA) is 75.4 Å². The van der Waals surface area contributed by atoms with E-state index in [1.807, 2.05) is 48.5 Å². The zero-order chi connectivity index (χ0) is 18.9. The van der Waals surface area contributed by atoms with Gasteiger partial charge in [-0.3, -0.25) is 14.6 Å². The third-order valence-electron chi connectivity index (χ3n) is 4.04. The van der Waals surface area contributed by atoms with E-state index in [-0.39, 0.29) is 18.4 Å². The predicted octanol–water partition coefficient (Wildman–Crippen LogP) is 2.68. The van der Waals surface area contributed by atoms with Crippen molar-refractivity contribution in [3.8, 4) is 0 Å². The molecule has 2 amide bonds. The van der Waals surface area contributed by atoms with Crippen LogP contribution in [0.2, 0.25) is 0 Å². The third-order valence-corrected chi connectivity index (χ3v) is 4.04. The molecule has 0 aliphatic carbocycles. The molecule has 0 saturated heterocycles. The van der Waals surface area contributed by atoms with Crippen LogP contribution >= 0.6 is 0 Å². The maximum absolute atomic E-state index is 12.7. The highest BCUT2D eigenvalue weighted by molar-refractivity contribution is 5.96. The molecule has 0 saturated carbocycles. The number of carbonyl (C=O) groups excluding carboxylic acids is 2. The number of hydrogen-bond acceptors (Lipinski definition) is 4.